The van der Waals surface area contributed by atoms with Crippen LogP contribution in [0.25, 0.3) is 6.08 Å². The first kappa shape index (κ1) is 11.5. The summed E-state index contributed by atoms with van der Waals surface area (Å²) >= 11 is 0. The lowest BCUT2D eigenvalue weighted by Gasteiger charge is -2.09. The van der Waals surface area contributed by atoms with E-state index in [1.807, 2.05) is 0 Å². The van der Waals surface area contributed by atoms with Crippen molar-refractivity contribution in [1.29, 1.82) is 0 Å². The van der Waals surface area contributed by atoms with Crippen molar-refractivity contribution in [1.82, 2.24) is 0 Å². The summed E-state index contributed by atoms with van der Waals surface area (Å²) in [6.45, 7) is 3.48. The van der Waals surface area contributed by atoms with Crippen LogP contribution in [0.3, 0.4) is 0 Å². The number of hydrogen-bond acceptors (Lipinski definition) is 4. The zero-order valence-electron chi connectivity index (χ0n) is 8.00. The molecule has 0 saturated carbocycles. The predicted molar refractivity (Wildman–Crippen MR) is 55.3 cm³/mol. The van der Waals surface area contributed by atoms with Gasteiger partial charge in [-0.15, -0.1) is 0 Å². The Morgan fingerprint density at radius 2 is 2.13 bits per heavy atom. The lowest BCUT2D eigenvalue weighted by Crippen LogP contribution is -2.08. The number of methoxy groups -OCH3 is 1. The van der Waals surface area contributed by atoms with Crippen molar-refractivity contribution in [3.63, 3.8) is 0 Å². The fraction of sp³-hybridized carbons (Fsp3) is 0.111. The lowest BCUT2D eigenvalue weighted by molar-refractivity contribution is 0.360. The standard InChI is InChI=1S/C9H10O5S/c1-3-7-5-4-6-8(13-2)9(7)14-15(10,11)12/h3-6H,1H2,2H3,(H,10,11,12). The molecule has 6 heteroatoms. The summed E-state index contributed by atoms with van der Waals surface area (Å²) in [6.07, 6.45) is 1.39. The summed E-state index contributed by atoms with van der Waals surface area (Å²) in [7, 11) is -3.21. The van der Waals surface area contributed by atoms with Gasteiger partial charge in [0.25, 0.3) is 0 Å². The molecule has 0 radical (unpaired) electrons. The Hall–Kier alpha value is -1.53. The molecule has 82 valence electrons. The SMILES string of the molecule is C=Cc1cccc(OC)c1OS(=O)(=O)O. The molecule has 1 N–H and O–H groups in total. The van der Waals surface area contributed by atoms with E-state index in [0.717, 1.165) is 0 Å². The van der Waals surface area contributed by atoms with Crippen molar-refractivity contribution < 1.29 is 21.9 Å². The third-order valence-corrected chi connectivity index (χ3v) is 2.02. The van der Waals surface area contributed by atoms with Crippen LogP contribution in [0.4, 0.5) is 0 Å². The molecule has 0 amide bonds. The minimum absolute atomic E-state index is 0.0856. The fourth-order valence-corrected chi connectivity index (χ4v) is 1.44. The second-order valence-corrected chi connectivity index (χ2v) is 3.62. The molecule has 5 nitrogen and oxygen atoms in total. The molecule has 0 aliphatic rings. The molecule has 0 aliphatic carbocycles. The maximum atomic E-state index is 10.6. The summed E-state index contributed by atoms with van der Waals surface area (Å²) < 4.78 is 39.0. The van der Waals surface area contributed by atoms with Gasteiger partial charge in [0.05, 0.1) is 7.11 Å². The molecule has 0 fully saturated rings. The van der Waals surface area contributed by atoms with E-state index < -0.39 is 10.4 Å². The smallest absolute Gasteiger partial charge is 0.446 e. The second kappa shape index (κ2) is 4.33. The van der Waals surface area contributed by atoms with Gasteiger partial charge < -0.3 is 8.92 Å². The van der Waals surface area contributed by atoms with Gasteiger partial charge in [-0.1, -0.05) is 24.8 Å². The van der Waals surface area contributed by atoms with Crippen LogP contribution < -0.4 is 8.92 Å². The van der Waals surface area contributed by atoms with E-state index in [9.17, 15) is 8.42 Å². The van der Waals surface area contributed by atoms with Crippen molar-refractivity contribution in [2.24, 2.45) is 0 Å². The van der Waals surface area contributed by atoms with E-state index in [1.54, 1.807) is 12.1 Å². The van der Waals surface area contributed by atoms with Crippen molar-refractivity contribution in [3.05, 3.63) is 30.3 Å². The number of para-hydroxylation sites is 1. The minimum atomic E-state index is -4.57. The number of rotatable bonds is 4. The van der Waals surface area contributed by atoms with E-state index in [2.05, 4.69) is 10.8 Å². The van der Waals surface area contributed by atoms with E-state index in [0.29, 0.717) is 5.56 Å². The molecule has 0 spiro atoms. The summed E-state index contributed by atoms with van der Waals surface area (Å²) in [6, 6.07) is 4.73. The van der Waals surface area contributed by atoms with Crippen LogP contribution in [-0.4, -0.2) is 20.1 Å². The van der Waals surface area contributed by atoms with Gasteiger partial charge in [-0.2, -0.15) is 8.42 Å². The maximum Gasteiger partial charge on any atom is 0.446 e. The first-order valence-electron chi connectivity index (χ1n) is 3.94. The lowest BCUT2D eigenvalue weighted by atomic mass is 10.2. The molecule has 0 unspecified atom stereocenters. The van der Waals surface area contributed by atoms with E-state index in [-0.39, 0.29) is 11.5 Å². The number of benzene rings is 1. The molecule has 0 saturated heterocycles. The fourth-order valence-electron chi connectivity index (χ4n) is 1.05. The minimum Gasteiger partial charge on any atom is -0.493 e. The molecule has 0 bridgehead atoms. The Morgan fingerprint density at radius 1 is 1.47 bits per heavy atom. The summed E-state index contributed by atoms with van der Waals surface area (Å²) in [5, 5.41) is 0. The van der Waals surface area contributed by atoms with Crippen LogP contribution in [0.5, 0.6) is 11.5 Å². The van der Waals surface area contributed by atoms with E-state index in [4.69, 9.17) is 9.29 Å². The Balaban J connectivity index is 3.28. The van der Waals surface area contributed by atoms with Gasteiger partial charge in [0.15, 0.2) is 11.5 Å². The molecule has 0 aliphatic heterocycles. The molecule has 1 aromatic rings. The highest BCUT2D eigenvalue weighted by atomic mass is 32.3. The number of hydrogen-bond donors (Lipinski definition) is 1. The molecule has 0 heterocycles. The average molecular weight is 230 g/mol. The summed E-state index contributed by atoms with van der Waals surface area (Å²) in [5.74, 6) is 0.113. The Kier molecular flexibility index (Phi) is 3.33. The van der Waals surface area contributed by atoms with Crippen molar-refractivity contribution in [3.8, 4) is 11.5 Å². The van der Waals surface area contributed by atoms with Crippen LogP contribution in [0.15, 0.2) is 24.8 Å². The largest absolute Gasteiger partial charge is 0.493 e. The molecule has 0 aromatic heterocycles. The topological polar surface area (TPSA) is 72.8 Å². The van der Waals surface area contributed by atoms with E-state index in [1.165, 1.54) is 19.3 Å². The zero-order valence-corrected chi connectivity index (χ0v) is 8.82. The van der Waals surface area contributed by atoms with Gasteiger partial charge in [0.2, 0.25) is 0 Å². The van der Waals surface area contributed by atoms with Crippen LogP contribution in [-0.2, 0) is 10.4 Å². The van der Waals surface area contributed by atoms with Crippen molar-refractivity contribution in [2.75, 3.05) is 7.11 Å². The van der Waals surface area contributed by atoms with Gasteiger partial charge in [-0.05, 0) is 6.07 Å². The highest BCUT2D eigenvalue weighted by Gasteiger charge is 2.15. The quantitative estimate of drug-likeness (QED) is 0.794. The summed E-state index contributed by atoms with van der Waals surface area (Å²) in [4.78, 5) is 0. The van der Waals surface area contributed by atoms with Gasteiger partial charge >= 0.3 is 10.4 Å². The maximum absolute atomic E-state index is 10.6. The highest BCUT2D eigenvalue weighted by molar-refractivity contribution is 7.81. The number of ether oxygens (including phenoxy) is 1. The Bertz CT molecular complexity index is 463. The normalized spacial score (nSPS) is 10.8. The predicted octanol–water partition coefficient (Wildman–Crippen LogP) is 1.52. The van der Waals surface area contributed by atoms with Crippen molar-refractivity contribution >= 4 is 16.5 Å². The third kappa shape index (κ3) is 2.97. The molecular formula is C9H10O5S. The summed E-state index contributed by atoms with van der Waals surface area (Å²) in [5.41, 5.74) is 0.409. The zero-order chi connectivity index (χ0) is 11.5. The van der Waals surface area contributed by atoms with Gasteiger partial charge in [0, 0.05) is 5.56 Å². The first-order chi connectivity index (χ1) is 6.98. The van der Waals surface area contributed by atoms with Crippen LogP contribution in [0.1, 0.15) is 5.56 Å². The monoisotopic (exact) mass is 230 g/mol. The van der Waals surface area contributed by atoms with Crippen LogP contribution in [0.2, 0.25) is 0 Å². The van der Waals surface area contributed by atoms with Crippen LogP contribution in [0, 0.1) is 0 Å². The van der Waals surface area contributed by atoms with Gasteiger partial charge in [-0.3, -0.25) is 4.55 Å². The molecular weight excluding hydrogens is 220 g/mol. The van der Waals surface area contributed by atoms with Crippen molar-refractivity contribution in [2.45, 2.75) is 0 Å². The first-order valence-corrected chi connectivity index (χ1v) is 5.31. The van der Waals surface area contributed by atoms with E-state index >= 15 is 0 Å². The average Bonchev–Trinajstić information content (AvgIpc) is 2.16. The molecule has 1 rings (SSSR count). The second-order valence-electron chi connectivity index (χ2n) is 2.59. The van der Waals surface area contributed by atoms with Crippen LogP contribution >= 0.6 is 0 Å². The Labute approximate surface area is 87.9 Å². The third-order valence-electron chi connectivity index (χ3n) is 1.64. The highest BCUT2D eigenvalue weighted by Crippen LogP contribution is 2.32. The Morgan fingerprint density at radius 3 is 2.60 bits per heavy atom. The molecule has 1 aromatic carbocycles. The molecule has 0 atom stereocenters. The molecule has 15 heavy (non-hydrogen) atoms. The van der Waals surface area contributed by atoms with Gasteiger partial charge in [-0.25, -0.2) is 0 Å². The van der Waals surface area contributed by atoms with Gasteiger partial charge in [0.1, 0.15) is 0 Å².